The second kappa shape index (κ2) is 6.69. The van der Waals surface area contributed by atoms with E-state index in [1.807, 2.05) is 42.5 Å². The SMILES string of the molecule is CC(C)S(=O)(=O)c1cccc(C(=O)Nc2cccc3ccccc23)c1. The highest BCUT2D eigenvalue weighted by atomic mass is 32.2. The summed E-state index contributed by atoms with van der Waals surface area (Å²) >= 11 is 0. The first-order chi connectivity index (χ1) is 11.9. The van der Waals surface area contributed by atoms with Crippen molar-refractivity contribution in [3.63, 3.8) is 0 Å². The highest BCUT2D eigenvalue weighted by Crippen LogP contribution is 2.24. The Kier molecular flexibility index (Phi) is 4.59. The van der Waals surface area contributed by atoms with Crippen molar-refractivity contribution >= 4 is 32.2 Å². The molecule has 4 nitrogen and oxygen atoms in total. The molecule has 0 bridgehead atoms. The van der Waals surface area contributed by atoms with Gasteiger partial charge in [-0.3, -0.25) is 4.79 Å². The standard InChI is InChI=1S/C20H19NO3S/c1-14(2)25(23,24)17-10-5-9-16(13-17)20(22)21-19-12-6-8-15-7-3-4-11-18(15)19/h3-14H,1-2H3,(H,21,22). The van der Waals surface area contributed by atoms with Crippen LogP contribution in [0.5, 0.6) is 0 Å². The van der Waals surface area contributed by atoms with Crippen molar-refractivity contribution < 1.29 is 13.2 Å². The van der Waals surface area contributed by atoms with Crippen LogP contribution < -0.4 is 5.32 Å². The van der Waals surface area contributed by atoms with Gasteiger partial charge in [0, 0.05) is 16.6 Å². The summed E-state index contributed by atoms with van der Waals surface area (Å²) in [5, 5.41) is 4.30. The molecule has 0 spiro atoms. The van der Waals surface area contributed by atoms with Crippen LogP contribution in [0.25, 0.3) is 10.8 Å². The van der Waals surface area contributed by atoms with Crippen LogP contribution in [0, 0.1) is 0 Å². The molecule has 1 amide bonds. The number of carbonyl (C=O) groups excluding carboxylic acids is 1. The van der Waals surface area contributed by atoms with E-state index in [2.05, 4.69) is 5.32 Å². The first-order valence-corrected chi connectivity index (χ1v) is 9.57. The third kappa shape index (κ3) is 3.42. The monoisotopic (exact) mass is 353 g/mol. The third-order valence-electron chi connectivity index (χ3n) is 4.08. The second-order valence-electron chi connectivity index (χ2n) is 6.10. The highest BCUT2D eigenvalue weighted by molar-refractivity contribution is 7.92. The minimum Gasteiger partial charge on any atom is -0.321 e. The van der Waals surface area contributed by atoms with Crippen LogP contribution in [0.15, 0.2) is 71.6 Å². The lowest BCUT2D eigenvalue weighted by Crippen LogP contribution is -2.16. The van der Waals surface area contributed by atoms with Crippen molar-refractivity contribution in [2.24, 2.45) is 0 Å². The Morgan fingerprint density at radius 1 is 0.920 bits per heavy atom. The van der Waals surface area contributed by atoms with Crippen LogP contribution in [0.1, 0.15) is 24.2 Å². The quantitative estimate of drug-likeness (QED) is 0.762. The molecule has 0 fully saturated rings. The Labute approximate surface area is 147 Å². The number of fused-ring (bicyclic) bond motifs is 1. The van der Waals surface area contributed by atoms with Gasteiger partial charge in [0.25, 0.3) is 5.91 Å². The smallest absolute Gasteiger partial charge is 0.255 e. The molecular formula is C20H19NO3S. The molecule has 0 atom stereocenters. The van der Waals surface area contributed by atoms with Gasteiger partial charge in [0.15, 0.2) is 9.84 Å². The Hall–Kier alpha value is -2.66. The van der Waals surface area contributed by atoms with E-state index in [9.17, 15) is 13.2 Å². The van der Waals surface area contributed by atoms with E-state index in [0.29, 0.717) is 11.3 Å². The summed E-state index contributed by atoms with van der Waals surface area (Å²) in [5.74, 6) is -0.336. The lowest BCUT2D eigenvalue weighted by Gasteiger charge is -2.11. The van der Waals surface area contributed by atoms with Gasteiger partial charge in [-0.25, -0.2) is 8.42 Å². The summed E-state index contributed by atoms with van der Waals surface area (Å²) in [7, 11) is -3.42. The molecule has 3 aromatic carbocycles. The van der Waals surface area contributed by atoms with Crippen LogP contribution in [-0.4, -0.2) is 19.6 Å². The summed E-state index contributed by atoms with van der Waals surface area (Å²) in [6.45, 7) is 3.25. The number of anilines is 1. The summed E-state index contributed by atoms with van der Waals surface area (Å²) in [5.41, 5.74) is 1.01. The Bertz CT molecular complexity index is 1030. The maximum Gasteiger partial charge on any atom is 0.255 e. The fourth-order valence-electron chi connectivity index (χ4n) is 2.62. The minimum atomic E-state index is -3.42. The number of carbonyl (C=O) groups is 1. The molecule has 0 aliphatic carbocycles. The maximum atomic E-state index is 12.6. The van der Waals surface area contributed by atoms with E-state index in [4.69, 9.17) is 0 Å². The zero-order valence-corrected chi connectivity index (χ0v) is 14.9. The van der Waals surface area contributed by atoms with Crippen molar-refractivity contribution in [2.75, 3.05) is 5.32 Å². The van der Waals surface area contributed by atoms with Gasteiger partial charge in [0.1, 0.15) is 0 Å². The average Bonchev–Trinajstić information content (AvgIpc) is 2.62. The zero-order valence-electron chi connectivity index (χ0n) is 14.1. The minimum absolute atomic E-state index is 0.160. The molecule has 0 heterocycles. The molecule has 0 unspecified atom stereocenters. The third-order valence-corrected chi connectivity index (χ3v) is 6.24. The Morgan fingerprint density at radius 3 is 2.36 bits per heavy atom. The van der Waals surface area contributed by atoms with E-state index in [0.717, 1.165) is 10.8 Å². The van der Waals surface area contributed by atoms with E-state index in [1.54, 1.807) is 26.0 Å². The number of hydrogen-bond donors (Lipinski definition) is 1. The molecule has 0 saturated carbocycles. The summed E-state index contributed by atoms with van der Waals surface area (Å²) in [4.78, 5) is 12.8. The van der Waals surface area contributed by atoms with Crippen molar-refractivity contribution in [2.45, 2.75) is 24.0 Å². The largest absolute Gasteiger partial charge is 0.321 e. The number of sulfone groups is 1. The lowest BCUT2D eigenvalue weighted by atomic mass is 10.1. The van der Waals surface area contributed by atoms with Crippen LogP contribution >= 0.6 is 0 Å². The number of amides is 1. The fourth-order valence-corrected chi connectivity index (χ4v) is 3.72. The zero-order chi connectivity index (χ0) is 18.0. The van der Waals surface area contributed by atoms with E-state index in [1.165, 1.54) is 12.1 Å². The van der Waals surface area contributed by atoms with Crippen molar-refractivity contribution in [3.8, 4) is 0 Å². The van der Waals surface area contributed by atoms with E-state index < -0.39 is 15.1 Å². The second-order valence-corrected chi connectivity index (χ2v) is 8.61. The topological polar surface area (TPSA) is 63.2 Å². The van der Waals surface area contributed by atoms with Crippen LogP contribution in [0.2, 0.25) is 0 Å². The maximum absolute atomic E-state index is 12.6. The number of hydrogen-bond acceptors (Lipinski definition) is 3. The highest BCUT2D eigenvalue weighted by Gasteiger charge is 2.20. The summed E-state index contributed by atoms with van der Waals surface area (Å²) in [6, 6.07) is 19.6. The Morgan fingerprint density at radius 2 is 1.60 bits per heavy atom. The van der Waals surface area contributed by atoms with Crippen LogP contribution in [0.4, 0.5) is 5.69 Å². The molecule has 5 heteroatoms. The summed E-state index contributed by atoms with van der Waals surface area (Å²) in [6.07, 6.45) is 0. The van der Waals surface area contributed by atoms with Gasteiger partial charge in [0.2, 0.25) is 0 Å². The Balaban J connectivity index is 1.94. The average molecular weight is 353 g/mol. The molecule has 0 saturated heterocycles. The molecule has 128 valence electrons. The number of nitrogens with one attached hydrogen (secondary N) is 1. The molecular weight excluding hydrogens is 334 g/mol. The molecule has 25 heavy (non-hydrogen) atoms. The molecule has 0 radical (unpaired) electrons. The van der Waals surface area contributed by atoms with Gasteiger partial charge in [-0.1, -0.05) is 42.5 Å². The fraction of sp³-hybridized carbons (Fsp3) is 0.150. The van der Waals surface area contributed by atoms with E-state index in [-0.39, 0.29) is 10.8 Å². The van der Waals surface area contributed by atoms with Gasteiger partial charge >= 0.3 is 0 Å². The molecule has 1 N–H and O–H groups in total. The summed E-state index contributed by atoms with van der Waals surface area (Å²) < 4.78 is 24.6. The number of benzene rings is 3. The van der Waals surface area contributed by atoms with Gasteiger partial charge in [-0.05, 0) is 43.5 Å². The molecule has 0 aromatic heterocycles. The molecule has 3 rings (SSSR count). The first-order valence-electron chi connectivity index (χ1n) is 8.02. The molecule has 0 aliphatic rings. The van der Waals surface area contributed by atoms with Crippen LogP contribution in [-0.2, 0) is 9.84 Å². The predicted molar refractivity (Wildman–Crippen MR) is 101 cm³/mol. The van der Waals surface area contributed by atoms with Crippen molar-refractivity contribution in [1.82, 2.24) is 0 Å². The molecule has 0 aliphatic heterocycles. The van der Waals surface area contributed by atoms with E-state index >= 15 is 0 Å². The van der Waals surface area contributed by atoms with Crippen molar-refractivity contribution in [3.05, 3.63) is 72.3 Å². The van der Waals surface area contributed by atoms with Crippen molar-refractivity contribution in [1.29, 1.82) is 0 Å². The predicted octanol–water partition coefficient (Wildman–Crippen LogP) is 4.27. The number of rotatable bonds is 4. The molecule has 3 aromatic rings. The van der Waals surface area contributed by atoms with Crippen LogP contribution in [0.3, 0.4) is 0 Å². The van der Waals surface area contributed by atoms with Gasteiger partial charge < -0.3 is 5.32 Å². The van der Waals surface area contributed by atoms with Gasteiger partial charge in [0.05, 0.1) is 10.1 Å². The first kappa shape index (κ1) is 17.2. The van der Waals surface area contributed by atoms with Gasteiger partial charge in [-0.2, -0.15) is 0 Å². The lowest BCUT2D eigenvalue weighted by molar-refractivity contribution is 0.102. The normalized spacial score (nSPS) is 11.6. The van der Waals surface area contributed by atoms with Gasteiger partial charge in [-0.15, -0.1) is 0 Å².